The molecule has 3 heterocycles. The molecule has 8 aromatic carbocycles. The SMILES string of the molecule is c1ccc(N2c3ccc(N(c4ccc(-c5cccc6c5sc5ccccc56)cc4)c4ccc5c(c4)c4ccccc4n5-c4ccccc4)cc3C3CCCCC32)cc1. The van der Waals surface area contributed by atoms with Crippen LogP contribution in [0, 0.1) is 0 Å². The third-order valence-electron chi connectivity index (χ3n) is 12.8. The van der Waals surface area contributed by atoms with Gasteiger partial charge in [-0.1, -0.05) is 116 Å². The Morgan fingerprint density at radius 2 is 1.14 bits per heavy atom. The first-order valence-corrected chi connectivity index (χ1v) is 21.5. The number of fused-ring (bicyclic) bond motifs is 9. The fraction of sp³-hybridized carbons (Fsp3) is 0.111. The summed E-state index contributed by atoms with van der Waals surface area (Å²) in [5.74, 6) is 0.515. The lowest BCUT2D eigenvalue weighted by atomic mass is 9.82. The van der Waals surface area contributed by atoms with Gasteiger partial charge in [-0.05, 0) is 114 Å². The maximum Gasteiger partial charge on any atom is 0.0542 e. The molecule has 4 heteroatoms. The van der Waals surface area contributed by atoms with E-state index in [0.29, 0.717) is 12.0 Å². The van der Waals surface area contributed by atoms with E-state index in [1.54, 1.807) is 0 Å². The number of para-hydroxylation sites is 3. The van der Waals surface area contributed by atoms with Gasteiger partial charge in [0.2, 0.25) is 0 Å². The van der Waals surface area contributed by atoms with Crippen molar-refractivity contribution in [2.75, 3.05) is 9.80 Å². The summed E-state index contributed by atoms with van der Waals surface area (Å²) in [7, 11) is 0. The van der Waals surface area contributed by atoms with Crippen molar-refractivity contribution >= 4 is 81.8 Å². The lowest BCUT2D eigenvalue weighted by Gasteiger charge is -2.33. The van der Waals surface area contributed by atoms with Crippen LogP contribution in [0.2, 0.25) is 0 Å². The Balaban J connectivity index is 1.03. The smallest absolute Gasteiger partial charge is 0.0542 e. The van der Waals surface area contributed by atoms with Gasteiger partial charge in [-0.2, -0.15) is 0 Å². The van der Waals surface area contributed by atoms with Crippen LogP contribution < -0.4 is 9.80 Å². The average molecular weight is 764 g/mol. The molecular formula is C54H41N3S. The van der Waals surface area contributed by atoms with Crippen molar-refractivity contribution in [1.29, 1.82) is 0 Å². The van der Waals surface area contributed by atoms with Crippen molar-refractivity contribution in [1.82, 2.24) is 4.57 Å². The fourth-order valence-electron chi connectivity index (χ4n) is 10.2. The Labute approximate surface area is 342 Å². The second-order valence-corrected chi connectivity index (χ2v) is 17.0. The Morgan fingerprint density at radius 1 is 0.483 bits per heavy atom. The van der Waals surface area contributed by atoms with Crippen LogP contribution in [0.1, 0.15) is 37.2 Å². The molecule has 0 radical (unpaired) electrons. The van der Waals surface area contributed by atoms with E-state index in [1.807, 2.05) is 11.3 Å². The first kappa shape index (κ1) is 33.5. The van der Waals surface area contributed by atoms with Gasteiger partial charge in [0.25, 0.3) is 0 Å². The Morgan fingerprint density at radius 3 is 1.98 bits per heavy atom. The normalized spacial score (nSPS) is 16.3. The predicted molar refractivity (Wildman–Crippen MR) is 247 cm³/mol. The predicted octanol–water partition coefficient (Wildman–Crippen LogP) is 15.5. The van der Waals surface area contributed by atoms with Crippen LogP contribution in [0.5, 0.6) is 0 Å². The second-order valence-electron chi connectivity index (χ2n) is 16.0. The summed E-state index contributed by atoms with van der Waals surface area (Å²) >= 11 is 1.89. The number of thiophene rings is 1. The number of hydrogen-bond acceptors (Lipinski definition) is 3. The summed E-state index contributed by atoms with van der Waals surface area (Å²) in [6, 6.07) is 70.3. The van der Waals surface area contributed by atoms with Gasteiger partial charge in [-0.15, -0.1) is 11.3 Å². The molecule has 10 aromatic rings. The van der Waals surface area contributed by atoms with Crippen LogP contribution in [0.25, 0.3) is 58.8 Å². The molecule has 278 valence electrons. The van der Waals surface area contributed by atoms with Crippen molar-refractivity contribution in [3.05, 3.63) is 194 Å². The van der Waals surface area contributed by atoms with Crippen molar-refractivity contribution < 1.29 is 0 Å². The van der Waals surface area contributed by atoms with Gasteiger partial charge in [0, 0.05) is 77.0 Å². The molecule has 0 bridgehead atoms. The number of nitrogens with zero attached hydrogens (tertiary/aromatic N) is 3. The summed E-state index contributed by atoms with van der Waals surface area (Å²) in [5.41, 5.74) is 13.8. The molecule has 0 spiro atoms. The maximum atomic E-state index is 2.64. The van der Waals surface area contributed by atoms with Gasteiger partial charge in [0.15, 0.2) is 0 Å². The lowest BCUT2D eigenvalue weighted by Crippen LogP contribution is -2.32. The zero-order chi connectivity index (χ0) is 38.2. The van der Waals surface area contributed by atoms with Crippen LogP contribution >= 0.6 is 11.3 Å². The van der Waals surface area contributed by atoms with Crippen LogP contribution in [-0.4, -0.2) is 10.6 Å². The van der Waals surface area contributed by atoms with E-state index in [9.17, 15) is 0 Å². The largest absolute Gasteiger partial charge is 0.338 e. The van der Waals surface area contributed by atoms with E-state index in [0.717, 1.165) is 11.4 Å². The van der Waals surface area contributed by atoms with Crippen molar-refractivity contribution in [3.63, 3.8) is 0 Å². The molecule has 2 atom stereocenters. The molecule has 0 N–H and O–H groups in total. The van der Waals surface area contributed by atoms with E-state index >= 15 is 0 Å². The van der Waals surface area contributed by atoms with E-state index < -0.39 is 0 Å². The van der Waals surface area contributed by atoms with Gasteiger partial charge in [0.1, 0.15) is 0 Å². The molecule has 3 nitrogen and oxygen atoms in total. The third-order valence-corrected chi connectivity index (χ3v) is 14.0. The van der Waals surface area contributed by atoms with Crippen LogP contribution in [0.3, 0.4) is 0 Å². The Kier molecular flexibility index (Phi) is 7.80. The Bertz CT molecular complexity index is 3140. The summed E-state index contributed by atoms with van der Waals surface area (Å²) in [6.07, 6.45) is 5.03. The van der Waals surface area contributed by atoms with Crippen LogP contribution in [0.4, 0.5) is 28.4 Å². The van der Waals surface area contributed by atoms with E-state index in [-0.39, 0.29) is 0 Å². The zero-order valence-electron chi connectivity index (χ0n) is 32.1. The molecular weight excluding hydrogens is 723 g/mol. The third kappa shape index (κ3) is 5.25. The minimum atomic E-state index is 0.492. The highest BCUT2D eigenvalue weighted by Gasteiger charge is 2.41. The Hall–Kier alpha value is -6.62. The van der Waals surface area contributed by atoms with E-state index in [2.05, 4.69) is 202 Å². The minimum absolute atomic E-state index is 0.492. The molecule has 58 heavy (non-hydrogen) atoms. The summed E-state index contributed by atoms with van der Waals surface area (Å²) < 4.78 is 5.08. The van der Waals surface area contributed by atoms with Crippen molar-refractivity contribution in [2.24, 2.45) is 0 Å². The number of benzene rings is 8. The molecule has 0 saturated heterocycles. The van der Waals surface area contributed by atoms with E-state index in [1.165, 1.54) is 107 Å². The lowest BCUT2D eigenvalue weighted by molar-refractivity contribution is 0.402. The molecule has 1 aliphatic carbocycles. The molecule has 1 aliphatic heterocycles. The average Bonchev–Trinajstić information content (AvgIpc) is 3.95. The fourth-order valence-corrected chi connectivity index (χ4v) is 11.5. The second kappa shape index (κ2) is 13.5. The molecule has 12 rings (SSSR count). The highest BCUT2D eigenvalue weighted by molar-refractivity contribution is 7.26. The molecule has 0 amide bonds. The maximum absolute atomic E-state index is 2.64. The van der Waals surface area contributed by atoms with Gasteiger partial charge < -0.3 is 14.4 Å². The van der Waals surface area contributed by atoms with Gasteiger partial charge >= 0.3 is 0 Å². The number of rotatable bonds is 6. The van der Waals surface area contributed by atoms with Crippen molar-refractivity contribution in [2.45, 2.75) is 37.6 Å². The molecule has 2 unspecified atom stereocenters. The zero-order valence-corrected chi connectivity index (χ0v) is 32.9. The van der Waals surface area contributed by atoms with Gasteiger partial charge in [-0.3, -0.25) is 0 Å². The number of anilines is 5. The molecule has 2 aliphatic rings. The number of aromatic nitrogens is 1. The molecule has 1 fully saturated rings. The number of hydrogen-bond donors (Lipinski definition) is 0. The standard InChI is InChI=1S/C54H41N3S/c1-3-14-37(15-4-1)56-49-23-10-7-18-43(49)47-34-40(30-32-51(47)56)55(39-28-26-36(27-29-39)42-21-13-22-46-45-20-9-12-25-53(45)58-54(42)46)41-31-33-52-48(35-41)44-19-8-11-24-50(44)57(52)38-16-5-2-6-17-38/h1-7,9-10,12-18,20-23,25-35,44,50H,8,11,19,24H2. The quantitative estimate of drug-likeness (QED) is 0.167. The first-order chi connectivity index (χ1) is 28.8. The highest BCUT2D eigenvalue weighted by atomic mass is 32.1. The van der Waals surface area contributed by atoms with Gasteiger partial charge in [0.05, 0.1) is 11.0 Å². The molecule has 2 aromatic heterocycles. The topological polar surface area (TPSA) is 11.4 Å². The summed E-state index contributed by atoms with van der Waals surface area (Å²) in [6.45, 7) is 0. The summed E-state index contributed by atoms with van der Waals surface area (Å²) in [5, 5.41) is 5.17. The highest BCUT2D eigenvalue weighted by Crippen LogP contribution is 2.53. The van der Waals surface area contributed by atoms with Gasteiger partial charge in [-0.25, -0.2) is 0 Å². The van der Waals surface area contributed by atoms with Crippen LogP contribution in [0.15, 0.2) is 188 Å². The van der Waals surface area contributed by atoms with Crippen LogP contribution in [-0.2, 0) is 0 Å². The van der Waals surface area contributed by atoms with E-state index in [4.69, 9.17) is 0 Å². The minimum Gasteiger partial charge on any atom is -0.338 e. The van der Waals surface area contributed by atoms with Crippen molar-refractivity contribution in [3.8, 4) is 16.8 Å². The monoisotopic (exact) mass is 763 g/mol. The molecule has 1 saturated carbocycles. The first-order valence-electron chi connectivity index (χ1n) is 20.7. The summed E-state index contributed by atoms with van der Waals surface area (Å²) in [4.78, 5) is 5.13.